The third kappa shape index (κ3) is 3.26. The van der Waals surface area contributed by atoms with Crippen molar-refractivity contribution in [2.75, 3.05) is 25.5 Å². The summed E-state index contributed by atoms with van der Waals surface area (Å²) in [5, 5.41) is 3.30. The van der Waals surface area contributed by atoms with Gasteiger partial charge in [-0.05, 0) is 32.4 Å². The van der Waals surface area contributed by atoms with E-state index in [0.29, 0.717) is 6.54 Å². The zero-order valence-electron chi connectivity index (χ0n) is 11.8. The molecular weight excluding hydrogens is 240 g/mol. The molecule has 104 valence electrons. The Morgan fingerprint density at radius 1 is 1.37 bits per heavy atom. The molecule has 1 atom stereocenters. The van der Waals surface area contributed by atoms with Crippen LogP contribution in [-0.2, 0) is 9.53 Å². The van der Waals surface area contributed by atoms with E-state index in [1.54, 1.807) is 7.11 Å². The maximum absolute atomic E-state index is 12.5. The maximum Gasteiger partial charge on any atom is 0.247 e. The number of amides is 1. The zero-order valence-corrected chi connectivity index (χ0v) is 11.8. The van der Waals surface area contributed by atoms with Gasteiger partial charge in [-0.1, -0.05) is 18.2 Å². The molecule has 1 saturated heterocycles. The van der Waals surface area contributed by atoms with Gasteiger partial charge in [0.05, 0.1) is 6.10 Å². The Morgan fingerprint density at radius 2 is 2.05 bits per heavy atom. The van der Waals surface area contributed by atoms with E-state index >= 15 is 0 Å². The number of carbonyl (C=O) groups excluding carboxylic acids is 1. The Bertz CT molecular complexity index is 431. The molecule has 1 heterocycles. The minimum absolute atomic E-state index is 0.121. The highest BCUT2D eigenvalue weighted by atomic mass is 16.5. The van der Waals surface area contributed by atoms with Gasteiger partial charge in [0, 0.05) is 25.9 Å². The van der Waals surface area contributed by atoms with Gasteiger partial charge in [0.25, 0.3) is 0 Å². The van der Waals surface area contributed by atoms with E-state index < -0.39 is 5.54 Å². The molecule has 1 aliphatic heterocycles. The fourth-order valence-corrected chi connectivity index (χ4v) is 2.44. The monoisotopic (exact) mass is 262 g/mol. The second-order valence-corrected chi connectivity index (χ2v) is 5.51. The van der Waals surface area contributed by atoms with Crippen LogP contribution in [0.1, 0.15) is 20.3 Å². The van der Waals surface area contributed by atoms with Crippen LogP contribution in [0.25, 0.3) is 0 Å². The number of rotatable bonds is 4. The fourth-order valence-electron chi connectivity index (χ4n) is 2.44. The molecule has 0 aliphatic carbocycles. The number of hydrogen-bond donors (Lipinski definition) is 1. The number of nitrogens with zero attached hydrogens (tertiary/aromatic N) is 1. The lowest BCUT2D eigenvalue weighted by Crippen LogP contribution is -2.49. The largest absolute Gasteiger partial charge is 0.380 e. The van der Waals surface area contributed by atoms with Crippen LogP contribution >= 0.6 is 0 Å². The molecule has 0 bridgehead atoms. The molecule has 4 heteroatoms. The lowest BCUT2D eigenvalue weighted by molar-refractivity contribution is -0.134. The maximum atomic E-state index is 12.5. The number of hydrogen-bond acceptors (Lipinski definition) is 3. The van der Waals surface area contributed by atoms with Gasteiger partial charge in [-0.25, -0.2) is 0 Å². The number of carbonyl (C=O) groups is 1. The van der Waals surface area contributed by atoms with Crippen LogP contribution in [0.4, 0.5) is 5.69 Å². The van der Waals surface area contributed by atoms with E-state index in [9.17, 15) is 4.79 Å². The molecule has 1 amide bonds. The normalized spacial score (nSPS) is 19.5. The van der Waals surface area contributed by atoms with E-state index in [0.717, 1.165) is 18.7 Å². The predicted octanol–water partition coefficient (Wildman–Crippen LogP) is 2.12. The first-order chi connectivity index (χ1) is 9.03. The number of para-hydroxylation sites is 1. The average molecular weight is 262 g/mol. The molecule has 2 rings (SSSR count). The summed E-state index contributed by atoms with van der Waals surface area (Å²) in [7, 11) is 1.70. The summed E-state index contributed by atoms with van der Waals surface area (Å²) in [5.74, 6) is 0.121. The average Bonchev–Trinajstić information content (AvgIpc) is 2.87. The van der Waals surface area contributed by atoms with Crippen LogP contribution in [0.3, 0.4) is 0 Å². The Morgan fingerprint density at radius 3 is 2.63 bits per heavy atom. The number of ether oxygens (including phenoxy) is 1. The quantitative estimate of drug-likeness (QED) is 0.903. The molecule has 0 unspecified atom stereocenters. The topological polar surface area (TPSA) is 41.6 Å². The first kappa shape index (κ1) is 13.9. The Labute approximate surface area is 114 Å². The highest BCUT2D eigenvalue weighted by Gasteiger charge is 2.35. The van der Waals surface area contributed by atoms with Gasteiger partial charge in [0.1, 0.15) is 5.54 Å². The third-order valence-corrected chi connectivity index (χ3v) is 3.53. The van der Waals surface area contributed by atoms with E-state index in [-0.39, 0.29) is 12.0 Å². The van der Waals surface area contributed by atoms with Gasteiger partial charge in [-0.15, -0.1) is 0 Å². The summed E-state index contributed by atoms with van der Waals surface area (Å²) in [6.45, 7) is 5.30. The van der Waals surface area contributed by atoms with Gasteiger partial charge in [0.2, 0.25) is 5.91 Å². The summed E-state index contributed by atoms with van der Waals surface area (Å²) in [5.41, 5.74) is 0.354. The van der Waals surface area contributed by atoms with Crippen molar-refractivity contribution < 1.29 is 9.53 Å². The van der Waals surface area contributed by atoms with Gasteiger partial charge in [-0.3, -0.25) is 4.79 Å². The van der Waals surface area contributed by atoms with Crippen LogP contribution in [0, 0.1) is 0 Å². The molecule has 1 aromatic rings. The van der Waals surface area contributed by atoms with Crippen molar-refractivity contribution in [3.8, 4) is 0 Å². The first-order valence-electron chi connectivity index (χ1n) is 6.68. The SMILES string of the molecule is CO[C@H]1CCN(C(=O)C(C)(C)Nc2ccccc2)C1. The second-order valence-electron chi connectivity index (χ2n) is 5.51. The predicted molar refractivity (Wildman–Crippen MR) is 76.1 cm³/mol. The minimum atomic E-state index is -0.607. The van der Waals surface area contributed by atoms with Crippen molar-refractivity contribution in [3.05, 3.63) is 30.3 Å². The molecule has 0 aromatic heterocycles. The van der Waals surface area contributed by atoms with Crippen molar-refractivity contribution in [1.82, 2.24) is 4.90 Å². The van der Waals surface area contributed by atoms with Gasteiger partial charge in [0.15, 0.2) is 0 Å². The van der Waals surface area contributed by atoms with E-state index in [2.05, 4.69) is 5.32 Å². The van der Waals surface area contributed by atoms with E-state index in [1.807, 2.05) is 49.1 Å². The van der Waals surface area contributed by atoms with Gasteiger partial charge < -0.3 is 15.0 Å². The molecule has 1 aromatic carbocycles. The number of likely N-dealkylation sites (tertiary alicyclic amines) is 1. The smallest absolute Gasteiger partial charge is 0.247 e. The number of methoxy groups -OCH3 is 1. The highest BCUT2D eigenvalue weighted by Crippen LogP contribution is 2.21. The summed E-state index contributed by atoms with van der Waals surface area (Å²) in [6.07, 6.45) is 1.10. The molecular formula is C15H22N2O2. The van der Waals surface area contributed by atoms with Crippen molar-refractivity contribution >= 4 is 11.6 Å². The van der Waals surface area contributed by atoms with Gasteiger partial charge in [-0.2, -0.15) is 0 Å². The molecule has 0 saturated carbocycles. The highest BCUT2D eigenvalue weighted by molar-refractivity contribution is 5.88. The summed E-state index contributed by atoms with van der Waals surface area (Å²) >= 11 is 0. The van der Waals surface area contributed by atoms with E-state index in [1.165, 1.54) is 0 Å². The van der Waals surface area contributed by atoms with Crippen LogP contribution in [-0.4, -0.2) is 42.6 Å². The van der Waals surface area contributed by atoms with Crippen molar-refractivity contribution in [2.45, 2.75) is 31.9 Å². The molecule has 1 N–H and O–H groups in total. The summed E-state index contributed by atoms with van der Waals surface area (Å²) in [4.78, 5) is 14.4. The lowest BCUT2D eigenvalue weighted by Gasteiger charge is -2.31. The van der Waals surface area contributed by atoms with Crippen molar-refractivity contribution in [2.24, 2.45) is 0 Å². The lowest BCUT2D eigenvalue weighted by atomic mass is 10.0. The Hall–Kier alpha value is -1.55. The zero-order chi connectivity index (χ0) is 13.9. The summed E-state index contributed by atoms with van der Waals surface area (Å²) < 4.78 is 5.31. The second kappa shape index (κ2) is 5.61. The van der Waals surface area contributed by atoms with Crippen LogP contribution in [0.15, 0.2) is 30.3 Å². The van der Waals surface area contributed by atoms with Crippen molar-refractivity contribution in [3.63, 3.8) is 0 Å². The molecule has 1 fully saturated rings. The number of benzene rings is 1. The number of anilines is 1. The summed E-state index contributed by atoms with van der Waals surface area (Å²) in [6, 6.07) is 9.82. The van der Waals surface area contributed by atoms with E-state index in [4.69, 9.17) is 4.74 Å². The fraction of sp³-hybridized carbons (Fsp3) is 0.533. The Kier molecular flexibility index (Phi) is 4.10. The minimum Gasteiger partial charge on any atom is -0.380 e. The molecule has 0 spiro atoms. The van der Waals surface area contributed by atoms with Crippen LogP contribution in [0.5, 0.6) is 0 Å². The van der Waals surface area contributed by atoms with Crippen LogP contribution in [0.2, 0.25) is 0 Å². The molecule has 19 heavy (non-hydrogen) atoms. The Balaban J connectivity index is 2.01. The standard InChI is InChI=1S/C15H22N2O2/c1-15(2,16-12-7-5-4-6-8-12)14(18)17-10-9-13(11-17)19-3/h4-8,13,16H,9-11H2,1-3H3/t13-/m0/s1. The first-order valence-corrected chi connectivity index (χ1v) is 6.68. The van der Waals surface area contributed by atoms with Gasteiger partial charge >= 0.3 is 0 Å². The number of nitrogens with one attached hydrogen (secondary N) is 1. The van der Waals surface area contributed by atoms with Crippen molar-refractivity contribution in [1.29, 1.82) is 0 Å². The molecule has 0 radical (unpaired) electrons. The third-order valence-electron chi connectivity index (χ3n) is 3.53. The molecule has 1 aliphatic rings. The van der Waals surface area contributed by atoms with Crippen LogP contribution < -0.4 is 5.32 Å². The molecule has 4 nitrogen and oxygen atoms in total.